The van der Waals surface area contributed by atoms with Gasteiger partial charge in [0, 0.05) is 31.2 Å². The van der Waals surface area contributed by atoms with Gasteiger partial charge in [-0.2, -0.15) is 0 Å². The van der Waals surface area contributed by atoms with Gasteiger partial charge in [0.25, 0.3) is 0 Å². The highest BCUT2D eigenvalue weighted by atomic mass is 15.3. The Kier molecular flexibility index (Phi) is 4.39. The lowest BCUT2D eigenvalue weighted by Gasteiger charge is -2.48. The predicted molar refractivity (Wildman–Crippen MR) is 62.6 cm³/mol. The minimum atomic E-state index is 0.382. The third kappa shape index (κ3) is 2.48. The topological polar surface area (TPSA) is 15.3 Å². The molecule has 0 aromatic heterocycles. The Labute approximate surface area is 89.1 Å². The maximum Gasteiger partial charge on any atom is 0.0306 e. The maximum atomic E-state index is 3.51. The zero-order chi connectivity index (χ0) is 10.6. The smallest absolute Gasteiger partial charge is 0.0306 e. The number of nitrogens with zero attached hydrogens (tertiary/aromatic N) is 1. The van der Waals surface area contributed by atoms with E-state index in [1.807, 2.05) is 0 Å². The third-order valence-electron chi connectivity index (χ3n) is 3.73. The first-order valence-electron chi connectivity index (χ1n) is 6.11. The van der Waals surface area contributed by atoms with Gasteiger partial charge in [0.15, 0.2) is 0 Å². The van der Waals surface area contributed by atoms with Crippen molar-refractivity contribution in [1.29, 1.82) is 0 Å². The molecule has 1 saturated heterocycles. The van der Waals surface area contributed by atoms with E-state index in [4.69, 9.17) is 0 Å². The van der Waals surface area contributed by atoms with Crippen molar-refractivity contribution in [1.82, 2.24) is 10.2 Å². The molecule has 2 nitrogen and oxygen atoms in total. The molecule has 0 spiro atoms. The summed E-state index contributed by atoms with van der Waals surface area (Å²) in [6.07, 6.45) is 3.87. The van der Waals surface area contributed by atoms with E-state index in [1.54, 1.807) is 0 Å². The first kappa shape index (κ1) is 12.0. The fourth-order valence-electron chi connectivity index (χ4n) is 2.58. The number of hydrogen-bond donors (Lipinski definition) is 1. The zero-order valence-corrected chi connectivity index (χ0v) is 10.3. The van der Waals surface area contributed by atoms with E-state index in [2.05, 4.69) is 37.9 Å². The van der Waals surface area contributed by atoms with Gasteiger partial charge < -0.3 is 5.32 Å². The average Bonchev–Trinajstić information content (AvgIpc) is 2.19. The summed E-state index contributed by atoms with van der Waals surface area (Å²) in [6, 6.07) is 0.743. The Morgan fingerprint density at radius 1 is 1.43 bits per heavy atom. The molecule has 14 heavy (non-hydrogen) atoms. The van der Waals surface area contributed by atoms with Crippen LogP contribution in [-0.4, -0.2) is 36.1 Å². The molecule has 2 unspecified atom stereocenters. The molecule has 1 N–H and O–H groups in total. The van der Waals surface area contributed by atoms with Crippen LogP contribution in [0.15, 0.2) is 0 Å². The monoisotopic (exact) mass is 198 g/mol. The van der Waals surface area contributed by atoms with Crippen LogP contribution in [0.1, 0.15) is 47.0 Å². The molecule has 0 bridgehead atoms. The van der Waals surface area contributed by atoms with Crippen molar-refractivity contribution in [3.63, 3.8) is 0 Å². The van der Waals surface area contributed by atoms with E-state index < -0.39 is 0 Å². The van der Waals surface area contributed by atoms with Crippen molar-refractivity contribution in [2.24, 2.45) is 0 Å². The molecular formula is C12H26N2. The molecule has 1 aliphatic heterocycles. The molecule has 0 saturated carbocycles. The SMILES string of the molecule is CCCC(C)N1CCNCC1(C)CC. The van der Waals surface area contributed by atoms with E-state index in [1.165, 1.54) is 25.8 Å². The maximum absolute atomic E-state index is 3.51. The summed E-state index contributed by atoms with van der Waals surface area (Å²) >= 11 is 0. The van der Waals surface area contributed by atoms with Gasteiger partial charge >= 0.3 is 0 Å². The molecule has 0 aromatic carbocycles. The van der Waals surface area contributed by atoms with Crippen molar-refractivity contribution in [3.8, 4) is 0 Å². The van der Waals surface area contributed by atoms with Gasteiger partial charge in [0.05, 0.1) is 0 Å². The molecule has 1 aliphatic rings. The number of hydrogen-bond acceptors (Lipinski definition) is 2. The van der Waals surface area contributed by atoms with Crippen molar-refractivity contribution in [2.75, 3.05) is 19.6 Å². The Bertz CT molecular complexity index is 170. The van der Waals surface area contributed by atoms with Crippen molar-refractivity contribution in [2.45, 2.75) is 58.5 Å². The summed E-state index contributed by atoms with van der Waals surface area (Å²) in [5.74, 6) is 0. The van der Waals surface area contributed by atoms with Crippen LogP contribution in [0, 0.1) is 0 Å². The lowest BCUT2D eigenvalue weighted by atomic mass is 9.91. The van der Waals surface area contributed by atoms with Crippen LogP contribution in [-0.2, 0) is 0 Å². The van der Waals surface area contributed by atoms with Crippen LogP contribution in [0.4, 0.5) is 0 Å². The van der Waals surface area contributed by atoms with Gasteiger partial charge in [0.1, 0.15) is 0 Å². The Hall–Kier alpha value is -0.0800. The lowest BCUT2D eigenvalue weighted by molar-refractivity contribution is 0.0321. The van der Waals surface area contributed by atoms with Gasteiger partial charge in [-0.25, -0.2) is 0 Å². The molecule has 1 heterocycles. The normalized spacial score (nSPS) is 31.7. The Morgan fingerprint density at radius 2 is 2.14 bits per heavy atom. The van der Waals surface area contributed by atoms with Crippen LogP contribution < -0.4 is 5.32 Å². The molecule has 2 atom stereocenters. The fourth-order valence-corrected chi connectivity index (χ4v) is 2.58. The number of nitrogens with one attached hydrogen (secondary N) is 1. The minimum absolute atomic E-state index is 0.382. The van der Waals surface area contributed by atoms with Crippen molar-refractivity contribution in [3.05, 3.63) is 0 Å². The highest BCUT2D eigenvalue weighted by Crippen LogP contribution is 2.25. The van der Waals surface area contributed by atoms with Crippen molar-refractivity contribution < 1.29 is 0 Å². The minimum Gasteiger partial charge on any atom is -0.314 e. The van der Waals surface area contributed by atoms with E-state index in [0.29, 0.717) is 5.54 Å². The van der Waals surface area contributed by atoms with Crippen LogP contribution in [0.5, 0.6) is 0 Å². The molecule has 0 aromatic rings. The van der Waals surface area contributed by atoms with Crippen LogP contribution >= 0.6 is 0 Å². The first-order chi connectivity index (χ1) is 6.64. The molecule has 0 aliphatic carbocycles. The molecule has 2 heteroatoms. The van der Waals surface area contributed by atoms with E-state index in [9.17, 15) is 0 Å². The largest absolute Gasteiger partial charge is 0.314 e. The quantitative estimate of drug-likeness (QED) is 0.745. The molecule has 1 rings (SSSR count). The van der Waals surface area contributed by atoms with Gasteiger partial charge in [-0.3, -0.25) is 4.90 Å². The summed E-state index contributed by atoms with van der Waals surface area (Å²) in [5, 5.41) is 3.51. The molecular weight excluding hydrogens is 172 g/mol. The van der Waals surface area contributed by atoms with Crippen LogP contribution in [0.3, 0.4) is 0 Å². The second kappa shape index (κ2) is 5.13. The van der Waals surface area contributed by atoms with Gasteiger partial charge in [-0.05, 0) is 26.7 Å². The van der Waals surface area contributed by atoms with E-state index in [-0.39, 0.29) is 0 Å². The Morgan fingerprint density at radius 3 is 2.71 bits per heavy atom. The molecule has 0 amide bonds. The second-order valence-electron chi connectivity index (χ2n) is 4.86. The van der Waals surface area contributed by atoms with Gasteiger partial charge in [-0.1, -0.05) is 20.3 Å². The highest BCUT2D eigenvalue weighted by Gasteiger charge is 2.34. The van der Waals surface area contributed by atoms with Crippen molar-refractivity contribution >= 4 is 0 Å². The van der Waals surface area contributed by atoms with Crippen LogP contribution in [0.2, 0.25) is 0 Å². The second-order valence-corrected chi connectivity index (χ2v) is 4.86. The third-order valence-corrected chi connectivity index (χ3v) is 3.73. The highest BCUT2D eigenvalue weighted by molar-refractivity contribution is 4.93. The molecule has 1 fully saturated rings. The van der Waals surface area contributed by atoms with E-state index >= 15 is 0 Å². The standard InChI is InChI=1S/C12H26N2/c1-5-7-11(3)14-9-8-13-10-12(14,4)6-2/h11,13H,5-10H2,1-4H3. The summed E-state index contributed by atoms with van der Waals surface area (Å²) < 4.78 is 0. The number of rotatable bonds is 4. The predicted octanol–water partition coefficient (Wildman–Crippen LogP) is 2.25. The lowest BCUT2D eigenvalue weighted by Crippen LogP contribution is -2.61. The van der Waals surface area contributed by atoms with Crippen LogP contribution in [0.25, 0.3) is 0 Å². The number of piperazine rings is 1. The van der Waals surface area contributed by atoms with Gasteiger partial charge in [-0.15, -0.1) is 0 Å². The summed E-state index contributed by atoms with van der Waals surface area (Å²) in [6.45, 7) is 12.9. The molecule has 0 radical (unpaired) electrons. The fraction of sp³-hybridized carbons (Fsp3) is 1.00. The molecule has 84 valence electrons. The van der Waals surface area contributed by atoms with E-state index in [0.717, 1.165) is 19.1 Å². The van der Waals surface area contributed by atoms with Gasteiger partial charge in [0.2, 0.25) is 0 Å². The average molecular weight is 198 g/mol. The summed E-state index contributed by atoms with van der Waals surface area (Å²) in [5.41, 5.74) is 0.382. The Balaban J connectivity index is 2.62. The summed E-state index contributed by atoms with van der Waals surface area (Å²) in [7, 11) is 0. The zero-order valence-electron chi connectivity index (χ0n) is 10.3. The summed E-state index contributed by atoms with van der Waals surface area (Å²) in [4.78, 5) is 2.70. The first-order valence-corrected chi connectivity index (χ1v) is 6.11.